The van der Waals surface area contributed by atoms with Crippen molar-refractivity contribution in [2.45, 2.75) is 19.9 Å². The summed E-state index contributed by atoms with van der Waals surface area (Å²) in [6.07, 6.45) is 4.29. The van der Waals surface area contributed by atoms with Gasteiger partial charge in [0.2, 0.25) is 0 Å². The number of rotatable bonds is 7. The highest BCUT2D eigenvalue weighted by molar-refractivity contribution is 6.35. The number of halogens is 2. The molecule has 1 amide bonds. The largest absolute Gasteiger partial charge is 0.493 e. The molecule has 0 aliphatic carbocycles. The molecule has 1 fully saturated rings. The summed E-state index contributed by atoms with van der Waals surface area (Å²) in [6, 6.07) is 15.2. The zero-order valence-corrected chi connectivity index (χ0v) is 20.1. The van der Waals surface area contributed by atoms with Crippen molar-refractivity contribution >= 4 is 29.1 Å². The maximum absolute atomic E-state index is 13.1. The number of pyridine rings is 1. The van der Waals surface area contributed by atoms with Crippen LogP contribution in [-0.2, 0) is 13.0 Å². The second-order valence-corrected chi connectivity index (χ2v) is 9.08. The zero-order valence-electron chi connectivity index (χ0n) is 18.6. The van der Waals surface area contributed by atoms with Crippen molar-refractivity contribution in [2.24, 2.45) is 0 Å². The van der Waals surface area contributed by atoms with Crippen molar-refractivity contribution < 1.29 is 9.53 Å². The molecular weight excluding hydrogens is 457 g/mol. The molecule has 4 rings (SSSR count). The van der Waals surface area contributed by atoms with Crippen molar-refractivity contribution in [3.8, 4) is 5.75 Å². The van der Waals surface area contributed by atoms with Crippen LogP contribution in [0.3, 0.4) is 0 Å². The van der Waals surface area contributed by atoms with E-state index in [1.807, 2.05) is 66.7 Å². The van der Waals surface area contributed by atoms with Gasteiger partial charge in [-0.3, -0.25) is 14.7 Å². The fraction of sp³-hybridized carbons (Fsp3) is 0.308. The maximum Gasteiger partial charge on any atom is 0.254 e. The number of aryl methyl sites for hydroxylation is 1. The van der Waals surface area contributed by atoms with Crippen LogP contribution in [0.1, 0.15) is 27.0 Å². The summed E-state index contributed by atoms with van der Waals surface area (Å²) in [6.45, 7) is 6.46. The highest BCUT2D eigenvalue weighted by Crippen LogP contribution is 2.24. The van der Waals surface area contributed by atoms with Crippen LogP contribution in [0, 0.1) is 6.92 Å². The number of carbonyl (C=O) groups excluding carboxylic acids is 1. The monoisotopic (exact) mass is 483 g/mol. The highest BCUT2D eigenvalue weighted by atomic mass is 35.5. The molecule has 7 heteroatoms. The Labute approximate surface area is 204 Å². The fourth-order valence-electron chi connectivity index (χ4n) is 3.92. The van der Waals surface area contributed by atoms with E-state index < -0.39 is 0 Å². The molecule has 1 saturated heterocycles. The van der Waals surface area contributed by atoms with Crippen molar-refractivity contribution in [1.82, 2.24) is 14.8 Å². The molecule has 0 spiro atoms. The molecule has 0 radical (unpaired) electrons. The topological polar surface area (TPSA) is 45.7 Å². The molecule has 2 heterocycles. The third kappa shape index (κ3) is 6.26. The minimum Gasteiger partial charge on any atom is -0.493 e. The average molecular weight is 484 g/mol. The standard InChI is InChI=1S/C26H27Cl2N3O2/c1-19-2-3-22(16-25(19)33-15-8-21-4-5-23(27)17-24(21)28)26(32)31-13-11-30(12-14-31)18-20-6-9-29-10-7-20/h2-7,9-10,16-17H,8,11-15,18H2,1H3. The summed E-state index contributed by atoms with van der Waals surface area (Å²) < 4.78 is 6.01. The molecule has 172 valence electrons. The summed E-state index contributed by atoms with van der Waals surface area (Å²) in [4.78, 5) is 21.5. The molecule has 1 aromatic heterocycles. The van der Waals surface area contributed by atoms with Gasteiger partial charge in [-0.1, -0.05) is 35.3 Å². The normalized spacial score (nSPS) is 14.3. The van der Waals surface area contributed by atoms with E-state index in [9.17, 15) is 4.79 Å². The summed E-state index contributed by atoms with van der Waals surface area (Å²) in [5.74, 6) is 0.770. The predicted octanol–water partition coefficient (Wildman–Crippen LogP) is 5.28. The van der Waals surface area contributed by atoms with Crippen LogP contribution in [0.2, 0.25) is 10.0 Å². The highest BCUT2D eigenvalue weighted by Gasteiger charge is 2.22. The number of benzene rings is 2. The Kier molecular flexibility index (Phi) is 7.86. The fourth-order valence-corrected chi connectivity index (χ4v) is 4.43. The van der Waals surface area contributed by atoms with Gasteiger partial charge < -0.3 is 9.64 Å². The van der Waals surface area contributed by atoms with Crippen LogP contribution < -0.4 is 4.74 Å². The van der Waals surface area contributed by atoms with Gasteiger partial charge in [-0.2, -0.15) is 0 Å². The van der Waals surface area contributed by atoms with Crippen molar-refractivity contribution in [1.29, 1.82) is 0 Å². The minimum atomic E-state index is 0.0455. The molecule has 5 nitrogen and oxygen atoms in total. The molecule has 0 unspecified atom stereocenters. The average Bonchev–Trinajstić information content (AvgIpc) is 2.82. The van der Waals surface area contributed by atoms with Crippen LogP contribution in [0.25, 0.3) is 0 Å². The molecular formula is C26H27Cl2N3O2. The lowest BCUT2D eigenvalue weighted by atomic mass is 10.1. The summed E-state index contributed by atoms with van der Waals surface area (Å²) in [5, 5.41) is 1.25. The number of ether oxygens (including phenoxy) is 1. The van der Waals surface area contributed by atoms with Crippen LogP contribution in [-0.4, -0.2) is 53.5 Å². The van der Waals surface area contributed by atoms with E-state index in [4.69, 9.17) is 27.9 Å². The van der Waals surface area contributed by atoms with Crippen LogP contribution in [0.5, 0.6) is 5.75 Å². The molecule has 1 aliphatic rings. The van der Waals surface area contributed by atoms with E-state index in [0.29, 0.717) is 41.7 Å². The Bertz CT molecular complexity index is 1100. The van der Waals surface area contributed by atoms with Crippen molar-refractivity contribution in [3.05, 3.63) is 93.2 Å². The third-order valence-corrected chi connectivity index (χ3v) is 6.48. The first-order valence-corrected chi connectivity index (χ1v) is 11.8. The van der Waals surface area contributed by atoms with Gasteiger partial charge in [0.15, 0.2) is 0 Å². The number of amides is 1. The zero-order chi connectivity index (χ0) is 23.2. The molecule has 0 bridgehead atoms. The van der Waals surface area contributed by atoms with Gasteiger partial charge >= 0.3 is 0 Å². The Hall–Kier alpha value is -2.60. The third-order valence-electron chi connectivity index (χ3n) is 5.89. The van der Waals surface area contributed by atoms with Crippen LogP contribution in [0.15, 0.2) is 60.9 Å². The number of aromatic nitrogens is 1. The van der Waals surface area contributed by atoms with E-state index in [2.05, 4.69) is 9.88 Å². The van der Waals surface area contributed by atoms with Gasteiger partial charge in [-0.05, 0) is 60.0 Å². The van der Waals surface area contributed by atoms with Gasteiger partial charge in [-0.15, -0.1) is 0 Å². The van der Waals surface area contributed by atoms with E-state index in [-0.39, 0.29) is 5.91 Å². The Morgan fingerprint density at radius 1 is 1.00 bits per heavy atom. The molecule has 2 aromatic carbocycles. The lowest BCUT2D eigenvalue weighted by Crippen LogP contribution is -2.48. The summed E-state index contributed by atoms with van der Waals surface area (Å²) in [5.41, 5.74) is 3.87. The van der Waals surface area contributed by atoms with Crippen molar-refractivity contribution in [3.63, 3.8) is 0 Å². The number of piperazine rings is 1. The molecule has 0 N–H and O–H groups in total. The summed E-state index contributed by atoms with van der Waals surface area (Å²) >= 11 is 12.2. The first-order chi connectivity index (χ1) is 16.0. The number of carbonyl (C=O) groups is 1. The minimum absolute atomic E-state index is 0.0455. The first-order valence-electron chi connectivity index (χ1n) is 11.1. The van der Waals surface area contributed by atoms with Crippen molar-refractivity contribution in [2.75, 3.05) is 32.8 Å². The molecule has 33 heavy (non-hydrogen) atoms. The van der Waals surface area contributed by atoms with Gasteiger partial charge in [0, 0.05) is 67.1 Å². The molecule has 0 atom stereocenters. The van der Waals surface area contributed by atoms with E-state index in [1.165, 1.54) is 5.56 Å². The van der Waals surface area contributed by atoms with Gasteiger partial charge in [0.05, 0.1) is 6.61 Å². The molecule has 1 aliphatic heterocycles. The number of hydrogen-bond acceptors (Lipinski definition) is 4. The van der Waals surface area contributed by atoms with Crippen LogP contribution >= 0.6 is 23.2 Å². The van der Waals surface area contributed by atoms with Gasteiger partial charge in [-0.25, -0.2) is 0 Å². The van der Waals surface area contributed by atoms with Gasteiger partial charge in [0.25, 0.3) is 5.91 Å². The number of hydrogen-bond donors (Lipinski definition) is 0. The summed E-state index contributed by atoms with van der Waals surface area (Å²) in [7, 11) is 0. The second kappa shape index (κ2) is 11.0. The molecule has 3 aromatic rings. The second-order valence-electron chi connectivity index (χ2n) is 8.24. The Morgan fingerprint density at radius 3 is 2.48 bits per heavy atom. The quantitative estimate of drug-likeness (QED) is 0.458. The van der Waals surface area contributed by atoms with Crippen LogP contribution in [0.4, 0.5) is 0 Å². The number of nitrogens with zero attached hydrogens (tertiary/aromatic N) is 3. The molecule has 0 saturated carbocycles. The smallest absolute Gasteiger partial charge is 0.254 e. The van der Waals surface area contributed by atoms with Gasteiger partial charge in [0.1, 0.15) is 5.75 Å². The Balaban J connectivity index is 1.32. The Morgan fingerprint density at radius 2 is 1.76 bits per heavy atom. The van der Waals surface area contributed by atoms with E-state index >= 15 is 0 Å². The SMILES string of the molecule is Cc1ccc(C(=O)N2CCN(Cc3ccncc3)CC2)cc1OCCc1ccc(Cl)cc1Cl. The van der Waals surface area contributed by atoms with E-state index in [1.54, 1.807) is 6.07 Å². The predicted molar refractivity (Wildman–Crippen MR) is 132 cm³/mol. The lowest BCUT2D eigenvalue weighted by molar-refractivity contribution is 0.0628. The maximum atomic E-state index is 13.1. The lowest BCUT2D eigenvalue weighted by Gasteiger charge is -2.34. The van der Waals surface area contributed by atoms with E-state index in [0.717, 1.165) is 36.5 Å². The first kappa shape index (κ1) is 23.6.